The highest BCUT2D eigenvalue weighted by Gasteiger charge is 2.41. The highest BCUT2D eigenvalue weighted by Crippen LogP contribution is 2.37. The van der Waals surface area contributed by atoms with Gasteiger partial charge in [0.15, 0.2) is 8.32 Å². The van der Waals surface area contributed by atoms with E-state index in [4.69, 9.17) is 28.1 Å². The SMILES string of the molecule is COc1ccc(CO[C@@H]2O[C@@H]([C@H](CO[Si](C)(C)C(C)(C)C)OCc3ccccc3)COC2O)cc1. The summed E-state index contributed by atoms with van der Waals surface area (Å²) in [7, 11) is -0.379. The molecule has 0 spiro atoms. The van der Waals surface area contributed by atoms with Crippen molar-refractivity contribution in [2.45, 2.75) is 76.9 Å². The molecular weight excluding hydrogens is 464 g/mol. The van der Waals surface area contributed by atoms with E-state index in [0.29, 0.717) is 13.2 Å². The van der Waals surface area contributed by atoms with Crippen molar-refractivity contribution in [3.05, 3.63) is 65.7 Å². The molecule has 1 aliphatic rings. The second kappa shape index (κ2) is 12.4. The average Bonchev–Trinajstić information content (AvgIpc) is 2.84. The molecule has 0 aliphatic carbocycles. The average molecular weight is 505 g/mol. The smallest absolute Gasteiger partial charge is 0.209 e. The van der Waals surface area contributed by atoms with E-state index >= 15 is 0 Å². The van der Waals surface area contributed by atoms with Crippen LogP contribution < -0.4 is 4.74 Å². The Labute approximate surface area is 210 Å². The van der Waals surface area contributed by atoms with Crippen molar-refractivity contribution in [2.24, 2.45) is 0 Å². The molecule has 0 radical (unpaired) electrons. The predicted molar refractivity (Wildman–Crippen MR) is 137 cm³/mol. The molecule has 1 fully saturated rings. The molecule has 35 heavy (non-hydrogen) atoms. The van der Waals surface area contributed by atoms with E-state index in [2.05, 4.69) is 33.9 Å². The molecule has 1 saturated heterocycles. The number of hydrogen-bond acceptors (Lipinski definition) is 7. The second-order valence-corrected chi connectivity index (χ2v) is 15.1. The summed E-state index contributed by atoms with van der Waals surface area (Å²) in [5.74, 6) is 0.770. The van der Waals surface area contributed by atoms with Crippen LogP contribution in [0.2, 0.25) is 18.1 Å². The van der Waals surface area contributed by atoms with E-state index in [9.17, 15) is 5.11 Å². The zero-order valence-electron chi connectivity index (χ0n) is 21.7. The molecule has 1 N–H and O–H groups in total. The van der Waals surface area contributed by atoms with Gasteiger partial charge in [-0.15, -0.1) is 0 Å². The minimum absolute atomic E-state index is 0.0705. The Kier molecular flexibility index (Phi) is 9.89. The van der Waals surface area contributed by atoms with Gasteiger partial charge in [-0.3, -0.25) is 0 Å². The van der Waals surface area contributed by atoms with Crippen LogP contribution >= 0.6 is 0 Å². The van der Waals surface area contributed by atoms with E-state index in [-0.39, 0.29) is 24.4 Å². The molecule has 0 bridgehead atoms. The van der Waals surface area contributed by atoms with Crippen molar-refractivity contribution in [3.63, 3.8) is 0 Å². The number of ether oxygens (including phenoxy) is 5. The number of hydrogen-bond donors (Lipinski definition) is 1. The summed E-state index contributed by atoms with van der Waals surface area (Å²) in [4.78, 5) is 0. The summed E-state index contributed by atoms with van der Waals surface area (Å²) in [5.41, 5.74) is 2.00. The molecule has 1 unspecified atom stereocenters. The fourth-order valence-electron chi connectivity index (χ4n) is 3.31. The highest BCUT2D eigenvalue weighted by molar-refractivity contribution is 6.74. The van der Waals surface area contributed by atoms with Gasteiger partial charge in [0.05, 0.1) is 33.5 Å². The zero-order chi connectivity index (χ0) is 25.5. The number of methoxy groups -OCH3 is 1. The number of benzene rings is 2. The predicted octanol–water partition coefficient (Wildman–Crippen LogP) is 4.88. The minimum atomic E-state index is -2.00. The third-order valence-corrected chi connectivity index (χ3v) is 11.2. The van der Waals surface area contributed by atoms with Crippen molar-refractivity contribution in [1.82, 2.24) is 0 Å². The Hall–Kier alpha value is -1.78. The summed E-state index contributed by atoms with van der Waals surface area (Å²) < 4.78 is 35.6. The van der Waals surface area contributed by atoms with Crippen LogP contribution in [0.15, 0.2) is 54.6 Å². The molecule has 7 nitrogen and oxygen atoms in total. The molecule has 3 rings (SSSR count). The third-order valence-electron chi connectivity index (χ3n) is 6.68. The Morgan fingerprint density at radius 1 is 1.00 bits per heavy atom. The van der Waals surface area contributed by atoms with Crippen LogP contribution in [0.3, 0.4) is 0 Å². The summed E-state index contributed by atoms with van der Waals surface area (Å²) in [6.45, 7) is 12.3. The van der Waals surface area contributed by atoms with Crippen LogP contribution in [-0.4, -0.2) is 58.5 Å². The normalized spacial score (nSPS) is 22.1. The lowest BCUT2D eigenvalue weighted by Crippen LogP contribution is -2.52. The van der Waals surface area contributed by atoms with Crippen LogP contribution in [0.25, 0.3) is 0 Å². The van der Waals surface area contributed by atoms with Gasteiger partial charge in [0.25, 0.3) is 0 Å². The first-order valence-corrected chi connectivity index (χ1v) is 15.0. The second-order valence-electron chi connectivity index (χ2n) is 10.3. The lowest BCUT2D eigenvalue weighted by atomic mass is 10.2. The molecule has 2 aromatic rings. The van der Waals surface area contributed by atoms with Crippen LogP contribution in [0.4, 0.5) is 0 Å². The minimum Gasteiger partial charge on any atom is -0.497 e. The Morgan fingerprint density at radius 2 is 1.66 bits per heavy atom. The molecule has 2 aromatic carbocycles. The van der Waals surface area contributed by atoms with E-state index < -0.39 is 27.0 Å². The molecule has 0 aromatic heterocycles. The first-order valence-electron chi connectivity index (χ1n) is 12.1. The molecule has 4 atom stereocenters. The Balaban J connectivity index is 1.65. The van der Waals surface area contributed by atoms with Gasteiger partial charge >= 0.3 is 0 Å². The van der Waals surface area contributed by atoms with Crippen molar-refractivity contribution >= 4 is 8.32 Å². The van der Waals surface area contributed by atoms with Crippen LogP contribution in [0, 0.1) is 0 Å². The highest BCUT2D eigenvalue weighted by atomic mass is 28.4. The maximum atomic E-state index is 10.3. The summed E-state index contributed by atoms with van der Waals surface area (Å²) >= 11 is 0. The van der Waals surface area contributed by atoms with Crippen LogP contribution in [0.5, 0.6) is 5.75 Å². The zero-order valence-corrected chi connectivity index (χ0v) is 22.7. The first kappa shape index (κ1) is 27.8. The fraction of sp³-hybridized carbons (Fsp3) is 0.556. The fourth-order valence-corrected chi connectivity index (χ4v) is 4.33. The van der Waals surface area contributed by atoms with Crippen molar-refractivity contribution in [1.29, 1.82) is 0 Å². The first-order chi connectivity index (χ1) is 16.6. The van der Waals surface area contributed by atoms with Gasteiger partial charge in [-0.05, 0) is 41.4 Å². The Morgan fingerprint density at radius 3 is 2.29 bits per heavy atom. The molecule has 1 aliphatic heterocycles. The largest absolute Gasteiger partial charge is 0.497 e. The van der Waals surface area contributed by atoms with Gasteiger partial charge < -0.3 is 33.2 Å². The monoisotopic (exact) mass is 504 g/mol. The topological polar surface area (TPSA) is 75.6 Å². The van der Waals surface area contributed by atoms with Crippen molar-refractivity contribution in [2.75, 3.05) is 20.3 Å². The van der Waals surface area contributed by atoms with Crippen molar-refractivity contribution in [3.8, 4) is 5.75 Å². The van der Waals surface area contributed by atoms with Crippen LogP contribution in [0.1, 0.15) is 31.9 Å². The maximum absolute atomic E-state index is 10.3. The molecular formula is C27H40O7Si. The van der Waals surface area contributed by atoms with Gasteiger partial charge in [0.1, 0.15) is 18.0 Å². The van der Waals surface area contributed by atoms with Crippen molar-refractivity contribution < 1.29 is 33.2 Å². The molecule has 8 heteroatoms. The molecule has 1 heterocycles. The van der Waals surface area contributed by atoms with E-state index in [1.165, 1.54) is 0 Å². The van der Waals surface area contributed by atoms with Gasteiger partial charge in [0.2, 0.25) is 12.6 Å². The number of rotatable bonds is 11. The number of aliphatic hydroxyl groups excluding tert-OH is 1. The maximum Gasteiger partial charge on any atom is 0.209 e. The summed E-state index contributed by atoms with van der Waals surface area (Å²) in [5, 5.41) is 10.4. The van der Waals surface area contributed by atoms with E-state index in [1.54, 1.807) is 7.11 Å². The summed E-state index contributed by atoms with van der Waals surface area (Å²) in [6, 6.07) is 17.5. The summed E-state index contributed by atoms with van der Waals surface area (Å²) in [6.07, 6.45) is -2.95. The quantitative estimate of drug-likeness (QED) is 0.437. The lowest BCUT2D eigenvalue weighted by molar-refractivity contribution is -0.344. The third kappa shape index (κ3) is 8.11. The molecule has 0 amide bonds. The van der Waals surface area contributed by atoms with Gasteiger partial charge in [-0.1, -0.05) is 63.2 Å². The Bertz CT molecular complexity index is 883. The van der Waals surface area contributed by atoms with E-state index in [0.717, 1.165) is 16.9 Å². The van der Waals surface area contributed by atoms with Gasteiger partial charge in [0, 0.05) is 0 Å². The van der Waals surface area contributed by atoms with Gasteiger partial charge in [-0.2, -0.15) is 0 Å². The van der Waals surface area contributed by atoms with E-state index in [1.807, 2.05) is 54.6 Å². The standard InChI is InChI=1S/C27H40O7Si/c1-27(2,3)35(5,6)33-19-23(30-16-20-10-8-7-9-11-20)24-18-31-25(28)26(34-24)32-17-21-12-14-22(29-4)15-13-21/h7-15,23-26,28H,16-19H2,1-6H3/t23-,24+,25?,26+/m0/s1. The van der Waals surface area contributed by atoms with Crippen LogP contribution in [-0.2, 0) is 36.6 Å². The molecule has 0 saturated carbocycles. The van der Waals surface area contributed by atoms with Gasteiger partial charge in [-0.25, -0.2) is 0 Å². The molecule has 194 valence electrons. The lowest BCUT2D eigenvalue weighted by Gasteiger charge is -2.40. The number of aliphatic hydroxyl groups is 1.